The van der Waals surface area contributed by atoms with E-state index in [-0.39, 0.29) is 11.7 Å². The van der Waals surface area contributed by atoms with Crippen LogP contribution < -0.4 is 0 Å². The van der Waals surface area contributed by atoms with Crippen molar-refractivity contribution in [3.63, 3.8) is 0 Å². The Bertz CT molecular complexity index is 1070. The number of thiazole rings is 1. The highest BCUT2D eigenvalue weighted by Gasteiger charge is 2.33. The first-order valence-electron chi connectivity index (χ1n) is 8.30. The van der Waals surface area contributed by atoms with Gasteiger partial charge in [-0.25, -0.2) is 17.8 Å². The lowest BCUT2D eigenvalue weighted by atomic mass is 10.0. The van der Waals surface area contributed by atoms with Gasteiger partial charge in [0, 0.05) is 26.2 Å². The number of aromatic nitrogens is 3. The first-order chi connectivity index (χ1) is 12.8. The SMILES string of the molecule is CS(=O)(=O)N1CCN([C@H](c2cccc(F)c2)c2sc3ncnn3c2O)CC1. The van der Waals surface area contributed by atoms with Crippen LogP contribution in [0, 0.1) is 5.82 Å². The van der Waals surface area contributed by atoms with E-state index in [1.165, 1.54) is 44.9 Å². The molecular formula is C16H18FN5O3S2. The second-order valence-corrected chi connectivity index (χ2v) is 9.39. The molecule has 27 heavy (non-hydrogen) atoms. The zero-order valence-corrected chi connectivity index (χ0v) is 16.1. The molecule has 1 N–H and O–H groups in total. The predicted molar refractivity (Wildman–Crippen MR) is 98.8 cm³/mol. The molecule has 1 saturated heterocycles. The maximum Gasteiger partial charge on any atom is 0.230 e. The van der Waals surface area contributed by atoms with Crippen LogP contribution in [0.1, 0.15) is 16.5 Å². The van der Waals surface area contributed by atoms with Gasteiger partial charge < -0.3 is 5.11 Å². The van der Waals surface area contributed by atoms with Crippen LogP contribution in [0.3, 0.4) is 0 Å². The standard InChI is InChI=1S/C16H18FN5O3S2/c1-27(24,25)21-7-5-20(6-8-21)13(11-3-2-4-12(17)9-11)14-15(23)22-16(26-14)18-10-19-22/h2-4,9-10,13,23H,5-8H2,1H3/t13-/m1/s1. The molecule has 0 radical (unpaired) electrons. The molecule has 1 fully saturated rings. The number of rotatable bonds is 4. The van der Waals surface area contributed by atoms with E-state index in [1.807, 2.05) is 4.90 Å². The van der Waals surface area contributed by atoms with Gasteiger partial charge in [0.15, 0.2) is 0 Å². The van der Waals surface area contributed by atoms with Gasteiger partial charge in [0.2, 0.25) is 20.9 Å². The first kappa shape index (κ1) is 18.3. The Morgan fingerprint density at radius 2 is 2.00 bits per heavy atom. The van der Waals surface area contributed by atoms with Gasteiger partial charge in [-0.1, -0.05) is 23.5 Å². The summed E-state index contributed by atoms with van der Waals surface area (Å²) >= 11 is 1.28. The molecule has 1 aromatic carbocycles. The molecule has 4 rings (SSSR count). The Morgan fingerprint density at radius 3 is 2.63 bits per heavy atom. The highest BCUT2D eigenvalue weighted by Crippen LogP contribution is 2.40. The quantitative estimate of drug-likeness (QED) is 0.696. The van der Waals surface area contributed by atoms with Crippen LogP contribution in [-0.2, 0) is 10.0 Å². The van der Waals surface area contributed by atoms with Crippen LogP contribution in [0.25, 0.3) is 4.96 Å². The van der Waals surface area contributed by atoms with Gasteiger partial charge in [0.1, 0.15) is 12.1 Å². The van der Waals surface area contributed by atoms with Crippen molar-refractivity contribution in [1.82, 2.24) is 23.8 Å². The van der Waals surface area contributed by atoms with Gasteiger partial charge in [-0.3, -0.25) is 4.90 Å². The van der Waals surface area contributed by atoms with Crippen molar-refractivity contribution in [2.45, 2.75) is 6.04 Å². The van der Waals surface area contributed by atoms with Crippen LogP contribution >= 0.6 is 11.3 Å². The van der Waals surface area contributed by atoms with E-state index in [0.29, 0.717) is 41.6 Å². The summed E-state index contributed by atoms with van der Waals surface area (Å²) in [6, 6.07) is 5.80. The summed E-state index contributed by atoms with van der Waals surface area (Å²) < 4.78 is 40.2. The minimum Gasteiger partial charge on any atom is -0.492 e. The van der Waals surface area contributed by atoms with Crippen LogP contribution in [0.15, 0.2) is 30.6 Å². The minimum absolute atomic E-state index is 0.0349. The average molecular weight is 411 g/mol. The number of hydrogen-bond acceptors (Lipinski definition) is 7. The van der Waals surface area contributed by atoms with Crippen LogP contribution in [0.2, 0.25) is 0 Å². The van der Waals surface area contributed by atoms with E-state index in [1.54, 1.807) is 12.1 Å². The summed E-state index contributed by atoms with van der Waals surface area (Å²) in [5.74, 6) is -0.404. The van der Waals surface area contributed by atoms with Crippen molar-refractivity contribution < 1.29 is 17.9 Å². The third kappa shape index (κ3) is 3.43. The smallest absolute Gasteiger partial charge is 0.230 e. The maximum atomic E-state index is 13.9. The summed E-state index contributed by atoms with van der Waals surface area (Å²) in [5, 5.41) is 14.6. The van der Waals surface area contributed by atoms with E-state index in [9.17, 15) is 17.9 Å². The fourth-order valence-corrected chi connectivity index (χ4v) is 5.29. The summed E-state index contributed by atoms with van der Waals surface area (Å²) in [6.45, 7) is 1.60. The Balaban J connectivity index is 1.73. The fourth-order valence-electron chi connectivity index (χ4n) is 3.37. The molecule has 0 amide bonds. The topological polar surface area (TPSA) is 91.0 Å². The molecule has 1 atom stereocenters. The van der Waals surface area contributed by atoms with Gasteiger partial charge in [0.05, 0.1) is 17.2 Å². The number of fused-ring (bicyclic) bond motifs is 1. The molecule has 144 valence electrons. The number of piperazine rings is 1. The molecule has 0 bridgehead atoms. The van der Waals surface area contributed by atoms with Gasteiger partial charge in [-0.2, -0.15) is 13.9 Å². The molecule has 2 aromatic heterocycles. The van der Waals surface area contributed by atoms with Gasteiger partial charge in [-0.05, 0) is 17.7 Å². The van der Waals surface area contributed by atoms with Crippen LogP contribution in [-0.4, -0.2) is 69.8 Å². The second-order valence-electron chi connectivity index (χ2n) is 6.40. The molecule has 1 aliphatic rings. The Hall–Kier alpha value is -2.08. The number of nitrogens with zero attached hydrogens (tertiary/aromatic N) is 5. The molecule has 0 saturated carbocycles. The molecule has 0 aliphatic carbocycles. The normalized spacial score (nSPS) is 18.1. The summed E-state index contributed by atoms with van der Waals surface area (Å²) in [4.78, 5) is 7.30. The summed E-state index contributed by atoms with van der Waals surface area (Å²) in [7, 11) is -3.25. The molecule has 0 spiro atoms. The lowest BCUT2D eigenvalue weighted by molar-refractivity contribution is 0.155. The van der Waals surface area contributed by atoms with Crippen molar-refractivity contribution in [1.29, 1.82) is 0 Å². The lowest BCUT2D eigenvalue weighted by Crippen LogP contribution is -2.49. The number of aromatic hydroxyl groups is 1. The maximum absolute atomic E-state index is 13.9. The third-order valence-electron chi connectivity index (χ3n) is 4.66. The molecular weight excluding hydrogens is 393 g/mol. The predicted octanol–water partition coefficient (Wildman–Crippen LogP) is 1.30. The highest BCUT2D eigenvalue weighted by molar-refractivity contribution is 7.88. The summed E-state index contributed by atoms with van der Waals surface area (Å²) in [6.07, 6.45) is 2.55. The van der Waals surface area contributed by atoms with Crippen molar-refractivity contribution >= 4 is 26.3 Å². The van der Waals surface area contributed by atoms with E-state index in [4.69, 9.17) is 0 Å². The molecule has 3 heterocycles. The van der Waals surface area contributed by atoms with E-state index in [2.05, 4.69) is 10.1 Å². The van der Waals surface area contributed by atoms with Crippen molar-refractivity contribution in [3.8, 4) is 5.88 Å². The fraction of sp³-hybridized carbons (Fsp3) is 0.375. The monoisotopic (exact) mass is 411 g/mol. The molecule has 1 aliphatic heterocycles. The van der Waals surface area contributed by atoms with Crippen LogP contribution in [0.5, 0.6) is 5.88 Å². The zero-order chi connectivity index (χ0) is 19.2. The van der Waals surface area contributed by atoms with Crippen molar-refractivity contribution in [2.24, 2.45) is 0 Å². The molecule has 0 unspecified atom stereocenters. The Labute approximate surface area is 159 Å². The summed E-state index contributed by atoms with van der Waals surface area (Å²) in [5.41, 5.74) is 0.683. The average Bonchev–Trinajstić information content (AvgIpc) is 3.19. The van der Waals surface area contributed by atoms with Gasteiger partial charge in [0.25, 0.3) is 0 Å². The van der Waals surface area contributed by atoms with E-state index in [0.717, 1.165) is 0 Å². The van der Waals surface area contributed by atoms with E-state index < -0.39 is 16.1 Å². The largest absolute Gasteiger partial charge is 0.492 e. The number of halogens is 1. The highest BCUT2D eigenvalue weighted by atomic mass is 32.2. The zero-order valence-electron chi connectivity index (χ0n) is 14.5. The minimum atomic E-state index is -3.25. The molecule has 3 aromatic rings. The molecule has 8 nitrogen and oxygen atoms in total. The first-order valence-corrected chi connectivity index (χ1v) is 11.0. The Morgan fingerprint density at radius 1 is 1.26 bits per heavy atom. The van der Waals surface area contributed by atoms with Gasteiger partial charge in [-0.15, -0.1) is 0 Å². The lowest BCUT2D eigenvalue weighted by Gasteiger charge is -2.38. The van der Waals surface area contributed by atoms with Crippen molar-refractivity contribution in [3.05, 3.63) is 46.9 Å². The van der Waals surface area contributed by atoms with E-state index >= 15 is 0 Å². The van der Waals surface area contributed by atoms with Gasteiger partial charge >= 0.3 is 0 Å². The molecule has 11 heteroatoms. The van der Waals surface area contributed by atoms with Crippen LogP contribution in [0.4, 0.5) is 4.39 Å². The van der Waals surface area contributed by atoms with Crippen molar-refractivity contribution in [2.75, 3.05) is 32.4 Å². The second kappa shape index (κ2) is 6.82. The Kier molecular flexibility index (Phi) is 4.62. The number of hydrogen-bond donors (Lipinski definition) is 1. The number of sulfonamides is 1. The third-order valence-corrected chi connectivity index (χ3v) is 7.05. The number of benzene rings is 1.